The van der Waals surface area contributed by atoms with Crippen molar-refractivity contribution in [2.45, 2.75) is 38.2 Å². The predicted octanol–water partition coefficient (Wildman–Crippen LogP) is 4.57. The third kappa shape index (κ3) is 8.76. The fourth-order valence-electron chi connectivity index (χ4n) is 4.06. The molecule has 0 aliphatic rings. The molecule has 196 valence electrons. The van der Waals surface area contributed by atoms with Gasteiger partial charge in [0.05, 0.1) is 18.2 Å². The number of unbranched alkanes of at least 4 members (excludes halogenated alkanes) is 3. The van der Waals surface area contributed by atoms with Gasteiger partial charge < -0.3 is 30.6 Å². The number of aromatic amines is 1. The van der Waals surface area contributed by atoms with Gasteiger partial charge in [0.15, 0.2) is 0 Å². The van der Waals surface area contributed by atoms with Crippen LogP contribution < -0.4 is 16.2 Å². The number of nitrogens with one attached hydrogen (secondary N) is 3. The lowest BCUT2D eigenvalue weighted by Gasteiger charge is -2.15. The van der Waals surface area contributed by atoms with Crippen molar-refractivity contribution in [1.29, 1.82) is 0 Å². The Morgan fingerprint density at radius 1 is 0.889 bits per heavy atom. The lowest BCUT2D eigenvalue weighted by molar-refractivity contribution is 0.131. The van der Waals surface area contributed by atoms with Gasteiger partial charge in [0.2, 0.25) is 5.56 Å². The van der Waals surface area contributed by atoms with E-state index in [-0.39, 0.29) is 11.3 Å². The van der Waals surface area contributed by atoms with E-state index in [1.165, 1.54) is 12.1 Å². The molecule has 1 unspecified atom stereocenters. The number of pyridine rings is 1. The van der Waals surface area contributed by atoms with Crippen molar-refractivity contribution < 1.29 is 14.9 Å². The molecule has 0 saturated heterocycles. The van der Waals surface area contributed by atoms with E-state index in [4.69, 9.17) is 27.9 Å². The maximum Gasteiger partial charge on any atom is 0.248 e. The van der Waals surface area contributed by atoms with Gasteiger partial charge >= 0.3 is 0 Å². The fraction of sp³-hybridized carbons (Fsp3) is 0.444. The Kier molecular flexibility index (Phi) is 12.0. The first kappa shape index (κ1) is 28.4. The van der Waals surface area contributed by atoms with E-state index in [1.54, 1.807) is 12.1 Å². The molecule has 0 bridgehead atoms. The van der Waals surface area contributed by atoms with Crippen LogP contribution in [0, 0.1) is 0 Å². The standard InChI is InChI=1S/C27H35Cl2N3O4/c28-22-6-5-7-23(29)21(22)12-14-30-15-17-36-16-4-2-1-3-13-31-18-25(34)19-8-10-24(33)27-20(19)9-11-26(35)32-27/h5-11,25,30-31,33-34H,1-4,12-18H2,(H,32,35). The second-order valence-electron chi connectivity index (χ2n) is 8.73. The van der Waals surface area contributed by atoms with Crippen molar-refractivity contribution in [2.24, 2.45) is 0 Å². The SMILES string of the molecule is O=c1ccc2c(C(O)CNCCCCCCOCCNCCc3c(Cl)cccc3Cl)ccc(O)c2[nH]1. The molecule has 0 radical (unpaired) electrons. The maximum absolute atomic E-state index is 11.5. The van der Waals surface area contributed by atoms with Crippen LogP contribution in [0.25, 0.3) is 10.9 Å². The predicted molar refractivity (Wildman–Crippen MR) is 146 cm³/mol. The summed E-state index contributed by atoms with van der Waals surface area (Å²) < 4.78 is 5.69. The number of rotatable bonds is 16. The first-order chi connectivity index (χ1) is 17.5. The number of H-pyrrole nitrogens is 1. The second-order valence-corrected chi connectivity index (χ2v) is 9.55. The van der Waals surface area contributed by atoms with E-state index in [2.05, 4.69) is 15.6 Å². The summed E-state index contributed by atoms with van der Waals surface area (Å²) in [5, 5.41) is 29.2. The number of aliphatic hydroxyl groups is 1. The highest BCUT2D eigenvalue weighted by Crippen LogP contribution is 2.28. The lowest BCUT2D eigenvalue weighted by atomic mass is 10.0. The molecule has 0 aliphatic heterocycles. The number of fused-ring (bicyclic) bond motifs is 1. The molecule has 3 aromatic rings. The van der Waals surface area contributed by atoms with E-state index in [1.807, 2.05) is 18.2 Å². The van der Waals surface area contributed by atoms with Crippen LogP contribution in [0.5, 0.6) is 5.75 Å². The fourth-order valence-corrected chi connectivity index (χ4v) is 4.65. The number of hydrogen-bond acceptors (Lipinski definition) is 6. The Hall–Kier alpha value is -2.13. The minimum absolute atomic E-state index is 0.00867. The van der Waals surface area contributed by atoms with Crippen molar-refractivity contribution >= 4 is 34.1 Å². The number of ether oxygens (including phenoxy) is 1. The lowest BCUT2D eigenvalue weighted by Crippen LogP contribution is -2.23. The highest BCUT2D eigenvalue weighted by molar-refractivity contribution is 6.35. The Morgan fingerprint density at radius 2 is 1.67 bits per heavy atom. The normalized spacial score (nSPS) is 12.3. The van der Waals surface area contributed by atoms with Gasteiger partial charge in [0, 0.05) is 41.2 Å². The van der Waals surface area contributed by atoms with Crippen molar-refractivity contribution in [1.82, 2.24) is 15.6 Å². The molecular formula is C27H35Cl2N3O4. The zero-order chi connectivity index (χ0) is 25.8. The van der Waals surface area contributed by atoms with Crippen LogP contribution in [0.2, 0.25) is 10.0 Å². The Labute approximate surface area is 221 Å². The van der Waals surface area contributed by atoms with Gasteiger partial charge in [-0.3, -0.25) is 4.79 Å². The number of phenolic OH excluding ortho intramolecular Hbond substituents is 1. The molecule has 5 N–H and O–H groups in total. The number of phenols is 1. The molecule has 9 heteroatoms. The van der Waals surface area contributed by atoms with Crippen LogP contribution in [0.15, 0.2) is 47.3 Å². The van der Waals surface area contributed by atoms with Gasteiger partial charge in [-0.15, -0.1) is 0 Å². The van der Waals surface area contributed by atoms with Gasteiger partial charge in [-0.2, -0.15) is 0 Å². The van der Waals surface area contributed by atoms with E-state index in [9.17, 15) is 15.0 Å². The highest BCUT2D eigenvalue weighted by Gasteiger charge is 2.13. The van der Waals surface area contributed by atoms with Gasteiger partial charge in [0.1, 0.15) is 5.75 Å². The van der Waals surface area contributed by atoms with Crippen molar-refractivity contribution in [2.75, 3.05) is 39.4 Å². The molecule has 0 amide bonds. The number of hydrogen-bond donors (Lipinski definition) is 5. The maximum atomic E-state index is 11.5. The molecule has 0 aliphatic carbocycles. The van der Waals surface area contributed by atoms with Gasteiger partial charge in [-0.25, -0.2) is 0 Å². The van der Waals surface area contributed by atoms with Crippen molar-refractivity contribution in [3.05, 3.63) is 74.0 Å². The average Bonchev–Trinajstić information content (AvgIpc) is 2.86. The summed E-state index contributed by atoms with van der Waals surface area (Å²) in [7, 11) is 0. The largest absolute Gasteiger partial charge is 0.506 e. The van der Waals surface area contributed by atoms with Gasteiger partial charge in [-0.05, 0) is 67.7 Å². The van der Waals surface area contributed by atoms with E-state index >= 15 is 0 Å². The average molecular weight is 537 g/mol. The summed E-state index contributed by atoms with van der Waals surface area (Å²) >= 11 is 12.4. The molecule has 0 saturated carbocycles. The topological polar surface area (TPSA) is 107 Å². The smallest absolute Gasteiger partial charge is 0.248 e. The molecular weight excluding hydrogens is 501 g/mol. The molecule has 1 heterocycles. The Bertz CT molecular complexity index is 1140. The van der Waals surface area contributed by atoms with E-state index in [0.717, 1.165) is 63.9 Å². The number of halogens is 2. The molecule has 1 aromatic heterocycles. The summed E-state index contributed by atoms with van der Waals surface area (Å²) in [6.45, 7) is 4.23. The summed E-state index contributed by atoms with van der Waals surface area (Å²) in [4.78, 5) is 14.2. The minimum atomic E-state index is -0.734. The van der Waals surface area contributed by atoms with Crippen LogP contribution >= 0.6 is 23.2 Å². The molecule has 1 atom stereocenters. The number of aromatic nitrogens is 1. The Morgan fingerprint density at radius 3 is 2.47 bits per heavy atom. The van der Waals surface area contributed by atoms with E-state index in [0.29, 0.717) is 39.7 Å². The third-order valence-corrected chi connectivity index (χ3v) is 6.74. The molecule has 0 fully saturated rings. The van der Waals surface area contributed by atoms with Crippen LogP contribution in [0.3, 0.4) is 0 Å². The monoisotopic (exact) mass is 535 g/mol. The minimum Gasteiger partial charge on any atom is -0.506 e. The van der Waals surface area contributed by atoms with Crippen LogP contribution in [-0.2, 0) is 11.2 Å². The summed E-state index contributed by atoms with van der Waals surface area (Å²) in [5.74, 6) is -0.00867. The molecule has 3 rings (SSSR count). The zero-order valence-electron chi connectivity index (χ0n) is 20.4. The van der Waals surface area contributed by atoms with Gasteiger partial charge in [0.25, 0.3) is 0 Å². The number of aliphatic hydroxyl groups excluding tert-OH is 1. The second kappa shape index (κ2) is 15.2. The summed E-state index contributed by atoms with van der Waals surface area (Å²) in [6.07, 6.45) is 4.28. The summed E-state index contributed by atoms with van der Waals surface area (Å²) in [5.41, 5.74) is 1.70. The van der Waals surface area contributed by atoms with Crippen LogP contribution in [0.1, 0.15) is 42.9 Å². The molecule has 7 nitrogen and oxygen atoms in total. The highest BCUT2D eigenvalue weighted by atomic mass is 35.5. The van der Waals surface area contributed by atoms with Crippen molar-refractivity contribution in [3.63, 3.8) is 0 Å². The van der Waals surface area contributed by atoms with Crippen LogP contribution in [0.4, 0.5) is 0 Å². The number of benzene rings is 2. The van der Waals surface area contributed by atoms with E-state index < -0.39 is 6.10 Å². The zero-order valence-corrected chi connectivity index (χ0v) is 21.9. The first-order valence-electron chi connectivity index (χ1n) is 12.4. The molecule has 2 aromatic carbocycles. The molecule has 0 spiro atoms. The number of aromatic hydroxyl groups is 1. The third-order valence-electron chi connectivity index (χ3n) is 6.03. The first-order valence-corrected chi connectivity index (χ1v) is 13.2. The molecule has 36 heavy (non-hydrogen) atoms. The summed E-state index contributed by atoms with van der Waals surface area (Å²) in [6, 6.07) is 11.8. The quantitative estimate of drug-likeness (QED) is 0.172. The van der Waals surface area contributed by atoms with Crippen molar-refractivity contribution in [3.8, 4) is 5.75 Å². The van der Waals surface area contributed by atoms with Crippen LogP contribution in [-0.4, -0.2) is 54.6 Å². The van der Waals surface area contributed by atoms with Gasteiger partial charge in [-0.1, -0.05) is 48.2 Å². The Balaban J connectivity index is 1.18.